The van der Waals surface area contributed by atoms with Gasteiger partial charge in [0.25, 0.3) is 11.5 Å². The van der Waals surface area contributed by atoms with Crippen molar-refractivity contribution in [3.05, 3.63) is 76.1 Å². The lowest BCUT2D eigenvalue weighted by molar-refractivity contribution is 0.102. The summed E-state index contributed by atoms with van der Waals surface area (Å²) in [6.45, 7) is 6.92. The average molecular weight is 540 g/mol. The summed E-state index contributed by atoms with van der Waals surface area (Å²) in [4.78, 5) is 27.7. The lowest BCUT2D eigenvalue weighted by Gasteiger charge is -2.24. The Bertz CT molecular complexity index is 1610. The topological polar surface area (TPSA) is 111 Å². The van der Waals surface area contributed by atoms with Crippen LogP contribution in [0.5, 0.6) is 0 Å². The molecule has 2 atom stereocenters. The number of nitrogens with zero attached hydrogens (tertiary/aromatic N) is 5. The molecule has 204 valence electrons. The molecule has 1 saturated heterocycles. The van der Waals surface area contributed by atoms with Crippen LogP contribution in [0.1, 0.15) is 43.7 Å². The van der Waals surface area contributed by atoms with Gasteiger partial charge in [-0.15, -0.1) is 0 Å². The second-order valence-corrected chi connectivity index (χ2v) is 9.93. The molecule has 4 aromatic rings. The monoisotopic (exact) mass is 539 g/mol. The Morgan fingerprint density at radius 1 is 1.10 bits per heavy atom. The van der Waals surface area contributed by atoms with E-state index in [9.17, 15) is 18.4 Å². The van der Waals surface area contributed by atoms with Crippen molar-refractivity contribution in [3.63, 3.8) is 0 Å². The normalized spacial score (nSPS) is 17.4. The average Bonchev–Trinajstić information content (AvgIpc) is 3.49. The van der Waals surface area contributed by atoms with Crippen LogP contribution in [0.25, 0.3) is 16.6 Å². The number of nitrogens with one attached hydrogen (secondary N) is 1. The number of anilines is 2. The van der Waals surface area contributed by atoms with Crippen LogP contribution in [0.15, 0.2) is 47.4 Å². The second kappa shape index (κ2) is 10.2. The van der Waals surface area contributed by atoms with Gasteiger partial charge in [-0.25, -0.2) is 13.2 Å². The van der Waals surface area contributed by atoms with Gasteiger partial charge in [0.05, 0.1) is 17.6 Å². The Morgan fingerprint density at radius 2 is 1.82 bits per heavy atom. The molecule has 3 heterocycles. The van der Waals surface area contributed by atoms with Crippen molar-refractivity contribution in [2.24, 2.45) is 11.7 Å². The molecule has 0 unspecified atom stereocenters. The summed E-state index contributed by atoms with van der Waals surface area (Å²) in [6.07, 6.45) is 2.42. The summed E-state index contributed by atoms with van der Waals surface area (Å²) in [5.74, 6) is -3.22. The van der Waals surface area contributed by atoms with E-state index in [-0.39, 0.29) is 29.4 Å². The van der Waals surface area contributed by atoms with Crippen molar-refractivity contribution in [2.75, 3.05) is 23.3 Å². The minimum Gasteiger partial charge on any atom is -0.367 e. The zero-order chi connectivity index (χ0) is 28.0. The summed E-state index contributed by atoms with van der Waals surface area (Å²) in [5, 5.41) is 11.5. The molecule has 3 N–H and O–H groups in total. The van der Waals surface area contributed by atoms with Gasteiger partial charge in [-0.2, -0.15) is 14.9 Å². The Morgan fingerprint density at radius 3 is 2.46 bits per heavy atom. The third-order valence-corrected chi connectivity index (χ3v) is 7.05. The van der Waals surface area contributed by atoms with E-state index >= 15 is 4.39 Å². The fourth-order valence-corrected chi connectivity index (χ4v) is 5.09. The molecule has 0 spiro atoms. The van der Waals surface area contributed by atoms with Crippen molar-refractivity contribution >= 4 is 28.2 Å². The number of fused-ring (bicyclic) bond motifs is 1. The number of carbonyl (C=O) groups excluding carboxylic acids is 1. The molecule has 9 nitrogen and oxygen atoms in total. The van der Waals surface area contributed by atoms with E-state index in [4.69, 9.17) is 5.73 Å². The van der Waals surface area contributed by atoms with Gasteiger partial charge >= 0.3 is 0 Å². The van der Waals surface area contributed by atoms with Crippen LogP contribution in [-0.2, 0) is 0 Å². The zero-order valence-electron chi connectivity index (χ0n) is 21.7. The van der Waals surface area contributed by atoms with E-state index in [0.29, 0.717) is 34.4 Å². The van der Waals surface area contributed by atoms with Gasteiger partial charge < -0.3 is 16.0 Å². The second-order valence-electron chi connectivity index (χ2n) is 9.93. The number of hydrogen-bond donors (Lipinski definition) is 2. The van der Waals surface area contributed by atoms with Crippen molar-refractivity contribution in [2.45, 2.75) is 39.3 Å². The number of carbonyl (C=O) groups is 1. The maximum atomic E-state index is 15.5. The maximum absolute atomic E-state index is 15.5. The largest absolute Gasteiger partial charge is 0.367 e. The molecule has 1 fully saturated rings. The minimum absolute atomic E-state index is 0.111. The van der Waals surface area contributed by atoms with Crippen LogP contribution in [0.4, 0.5) is 24.5 Å². The molecule has 0 aliphatic carbocycles. The highest BCUT2D eigenvalue weighted by atomic mass is 19.1. The van der Waals surface area contributed by atoms with Crippen LogP contribution >= 0.6 is 0 Å². The van der Waals surface area contributed by atoms with E-state index in [1.165, 1.54) is 6.07 Å². The van der Waals surface area contributed by atoms with Crippen LogP contribution in [0.3, 0.4) is 0 Å². The molecule has 1 aliphatic rings. The zero-order valence-corrected chi connectivity index (χ0v) is 21.7. The maximum Gasteiger partial charge on any atom is 0.276 e. The number of halogens is 3. The molecule has 39 heavy (non-hydrogen) atoms. The number of nitrogens with two attached hydrogens (primary N) is 1. The molecule has 2 aromatic carbocycles. The SMILES string of the molecule is CC[C@@H]1CN(c2c(NC(=O)c3ccc(=O)n(-c4c(F)cccc4F)n3)cc(F)c3c2cnn3C(C)C)C[C@@H]1N. The molecule has 0 radical (unpaired) electrons. The molecule has 1 aliphatic heterocycles. The Hall–Kier alpha value is -4.19. The summed E-state index contributed by atoms with van der Waals surface area (Å²) in [5.41, 5.74) is 5.55. The molecular weight excluding hydrogens is 511 g/mol. The van der Waals surface area contributed by atoms with Gasteiger partial charge in [-0.3, -0.25) is 14.3 Å². The van der Waals surface area contributed by atoms with Gasteiger partial charge in [0, 0.05) is 42.7 Å². The lowest BCUT2D eigenvalue weighted by atomic mass is 10.0. The smallest absolute Gasteiger partial charge is 0.276 e. The number of amides is 1. The van der Waals surface area contributed by atoms with E-state index in [1.807, 2.05) is 25.7 Å². The molecular formula is C27H28F3N7O2. The van der Waals surface area contributed by atoms with Crippen LogP contribution in [0, 0.1) is 23.4 Å². The Balaban J connectivity index is 1.59. The fraction of sp³-hybridized carbons (Fsp3) is 0.333. The van der Waals surface area contributed by atoms with Gasteiger partial charge in [0.15, 0.2) is 17.5 Å². The number of hydrogen-bond acceptors (Lipinski definition) is 6. The summed E-state index contributed by atoms with van der Waals surface area (Å²) < 4.78 is 46.3. The highest BCUT2D eigenvalue weighted by Gasteiger charge is 2.33. The summed E-state index contributed by atoms with van der Waals surface area (Å²) >= 11 is 0. The molecule has 0 saturated carbocycles. The summed E-state index contributed by atoms with van der Waals surface area (Å²) in [7, 11) is 0. The van der Waals surface area contributed by atoms with Crippen LogP contribution < -0.4 is 21.5 Å². The van der Waals surface area contributed by atoms with E-state index in [1.54, 1.807) is 10.9 Å². The number of aromatic nitrogens is 4. The molecule has 0 bridgehead atoms. The van der Waals surface area contributed by atoms with Crippen LogP contribution in [0.2, 0.25) is 0 Å². The number of para-hydroxylation sites is 1. The van der Waals surface area contributed by atoms with E-state index in [0.717, 1.165) is 36.8 Å². The van der Waals surface area contributed by atoms with Crippen molar-refractivity contribution in [1.82, 2.24) is 19.6 Å². The Kier molecular flexibility index (Phi) is 6.89. The third-order valence-electron chi connectivity index (χ3n) is 7.05. The summed E-state index contributed by atoms with van der Waals surface area (Å²) in [6, 6.07) is 6.21. The molecule has 1 amide bonds. The molecule has 5 rings (SSSR count). The van der Waals surface area contributed by atoms with Crippen molar-refractivity contribution in [1.29, 1.82) is 0 Å². The fourth-order valence-electron chi connectivity index (χ4n) is 5.09. The van der Waals surface area contributed by atoms with Gasteiger partial charge in [-0.05, 0) is 38.0 Å². The predicted molar refractivity (Wildman–Crippen MR) is 142 cm³/mol. The minimum atomic E-state index is -1.02. The van der Waals surface area contributed by atoms with Crippen molar-refractivity contribution in [3.8, 4) is 5.69 Å². The quantitative estimate of drug-likeness (QED) is 0.383. The van der Waals surface area contributed by atoms with Crippen molar-refractivity contribution < 1.29 is 18.0 Å². The highest BCUT2D eigenvalue weighted by Crippen LogP contribution is 2.40. The molecule has 12 heteroatoms. The number of benzene rings is 2. The van der Waals surface area contributed by atoms with E-state index in [2.05, 4.69) is 15.5 Å². The molecule has 2 aromatic heterocycles. The third kappa shape index (κ3) is 4.65. The van der Waals surface area contributed by atoms with Gasteiger partial charge in [0.2, 0.25) is 0 Å². The lowest BCUT2D eigenvalue weighted by Crippen LogP contribution is -2.30. The number of rotatable bonds is 6. The van der Waals surface area contributed by atoms with Crippen LogP contribution in [-0.4, -0.2) is 44.6 Å². The first-order valence-corrected chi connectivity index (χ1v) is 12.7. The first-order valence-electron chi connectivity index (χ1n) is 12.7. The van der Waals surface area contributed by atoms with Gasteiger partial charge in [0.1, 0.15) is 16.9 Å². The van der Waals surface area contributed by atoms with E-state index < -0.39 is 34.6 Å². The van der Waals surface area contributed by atoms with Gasteiger partial charge in [-0.1, -0.05) is 19.4 Å². The first kappa shape index (κ1) is 26.4. The first-order chi connectivity index (χ1) is 18.6. The predicted octanol–water partition coefficient (Wildman–Crippen LogP) is 4.01. The standard InChI is InChI=1S/C27H28F3N7O2/c1-4-15-12-35(13-20(15)31)25-16-11-32-36(14(2)3)24(16)19(30)10-22(25)33-27(39)21-8-9-23(38)37(34-21)26-17(28)6-5-7-18(26)29/h5-11,14-15,20H,4,12-13,31H2,1-3H3,(H,33,39)/t15-,20+/m1/s1. The Labute approximate surface area is 222 Å². The highest BCUT2D eigenvalue weighted by molar-refractivity contribution is 6.09.